The Hall–Kier alpha value is -3.87. The Balaban J connectivity index is 1.50. The predicted molar refractivity (Wildman–Crippen MR) is 108 cm³/mol. The number of rotatable bonds is 7. The molecular formula is C22H20N4O3. The Morgan fingerprint density at radius 3 is 2.72 bits per heavy atom. The molecule has 0 fully saturated rings. The number of benzene rings is 2. The van der Waals surface area contributed by atoms with Crippen LogP contribution in [0.2, 0.25) is 0 Å². The lowest BCUT2D eigenvalue weighted by Crippen LogP contribution is -2.29. The topological polar surface area (TPSA) is 82.2 Å². The molecule has 4 rings (SSSR count). The van der Waals surface area contributed by atoms with E-state index < -0.39 is 0 Å². The van der Waals surface area contributed by atoms with Gasteiger partial charge in [-0.05, 0) is 48.9 Å². The summed E-state index contributed by atoms with van der Waals surface area (Å²) in [5.74, 6) is 1.44. The van der Waals surface area contributed by atoms with Gasteiger partial charge in [-0.15, -0.1) is 5.10 Å². The number of hydrogen-bond donors (Lipinski definition) is 1. The first kappa shape index (κ1) is 18.5. The molecule has 0 unspecified atom stereocenters. The molecule has 2 heterocycles. The van der Waals surface area contributed by atoms with Crippen LogP contribution in [0.3, 0.4) is 0 Å². The molecule has 4 aromatic rings. The quantitative estimate of drug-likeness (QED) is 0.489. The second-order valence-electron chi connectivity index (χ2n) is 6.40. The van der Waals surface area contributed by atoms with Gasteiger partial charge in [0.05, 0.1) is 18.5 Å². The summed E-state index contributed by atoms with van der Waals surface area (Å²) in [5, 5.41) is 7.19. The van der Waals surface area contributed by atoms with Crippen LogP contribution in [0.25, 0.3) is 17.3 Å². The van der Waals surface area contributed by atoms with Gasteiger partial charge in [0.2, 0.25) is 5.82 Å². The summed E-state index contributed by atoms with van der Waals surface area (Å²) in [7, 11) is 0. The van der Waals surface area contributed by atoms with Crippen molar-refractivity contribution in [1.29, 1.82) is 0 Å². The SMILES string of the molecule is Cc1cccc(-n2nc(C(=O)NCCOc3ccccc3)nc2-c2ccco2)c1. The number of aryl methyl sites for hydroxylation is 1. The first-order valence-corrected chi connectivity index (χ1v) is 9.25. The van der Waals surface area contributed by atoms with Crippen LogP contribution in [0, 0.1) is 6.92 Å². The van der Waals surface area contributed by atoms with Crippen LogP contribution < -0.4 is 10.1 Å². The molecule has 2 aromatic heterocycles. The highest BCUT2D eigenvalue weighted by atomic mass is 16.5. The largest absolute Gasteiger partial charge is 0.492 e. The highest BCUT2D eigenvalue weighted by Gasteiger charge is 2.20. The highest BCUT2D eigenvalue weighted by molar-refractivity contribution is 5.90. The Morgan fingerprint density at radius 1 is 1.10 bits per heavy atom. The van der Waals surface area contributed by atoms with Gasteiger partial charge >= 0.3 is 0 Å². The van der Waals surface area contributed by atoms with Crippen molar-refractivity contribution < 1.29 is 13.9 Å². The summed E-state index contributed by atoms with van der Waals surface area (Å²) in [6.45, 7) is 2.68. The summed E-state index contributed by atoms with van der Waals surface area (Å²) in [6, 6.07) is 20.8. The molecule has 0 atom stereocenters. The maximum Gasteiger partial charge on any atom is 0.291 e. The summed E-state index contributed by atoms with van der Waals surface area (Å²) in [5.41, 5.74) is 1.88. The average Bonchev–Trinajstić information content (AvgIpc) is 3.41. The number of hydrogen-bond acceptors (Lipinski definition) is 5. The van der Waals surface area contributed by atoms with E-state index in [9.17, 15) is 4.79 Å². The minimum absolute atomic E-state index is 0.0672. The predicted octanol–water partition coefficient (Wildman–Crippen LogP) is 3.64. The normalized spacial score (nSPS) is 10.7. The van der Waals surface area contributed by atoms with E-state index in [1.54, 1.807) is 23.1 Å². The highest BCUT2D eigenvalue weighted by Crippen LogP contribution is 2.22. The first-order chi connectivity index (χ1) is 14.2. The third-order valence-electron chi connectivity index (χ3n) is 4.20. The van der Waals surface area contributed by atoms with Gasteiger partial charge in [0.1, 0.15) is 12.4 Å². The number of furan rings is 1. The maximum absolute atomic E-state index is 12.6. The van der Waals surface area contributed by atoms with Crippen LogP contribution >= 0.6 is 0 Å². The number of carbonyl (C=O) groups is 1. The minimum atomic E-state index is -0.374. The Bertz CT molecular complexity index is 1090. The summed E-state index contributed by atoms with van der Waals surface area (Å²) >= 11 is 0. The van der Waals surface area contributed by atoms with Crippen LogP contribution in [0.5, 0.6) is 5.75 Å². The van der Waals surface area contributed by atoms with E-state index >= 15 is 0 Å². The molecule has 0 radical (unpaired) electrons. The van der Waals surface area contributed by atoms with Crippen molar-refractivity contribution in [3.8, 4) is 23.0 Å². The van der Waals surface area contributed by atoms with Gasteiger partial charge in [0.15, 0.2) is 11.6 Å². The minimum Gasteiger partial charge on any atom is -0.492 e. The Labute approximate surface area is 168 Å². The molecule has 2 aromatic carbocycles. The van der Waals surface area contributed by atoms with Gasteiger partial charge in [0.25, 0.3) is 5.91 Å². The molecule has 1 N–H and O–H groups in total. The lowest BCUT2D eigenvalue weighted by atomic mass is 10.2. The number of nitrogens with one attached hydrogen (secondary N) is 1. The van der Waals surface area contributed by atoms with Gasteiger partial charge in [-0.1, -0.05) is 30.3 Å². The zero-order chi connectivity index (χ0) is 20.1. The van der Waals surface area contributed by atoms with Gasteiger partial charge in [-0.2, -0.15) is 4.98 Å². The van der Waals surface area contributed by atoms with Crippen molar-refractivity contribution in [1.82, 2.24) is 20.1 Å². The molecule has 7 heteroatoms. The van der Waals surface area contributed by atoms with E-state index in [-0.39, 0.29) is 11.7 Å². The second kappa shape index (κ2) is 8.43. The standard InChI is InChI=1S/C22H20N4O3/c1-16-7-5-8-17(15-16)26-21(19-11-6-13-29-19)24-20(25-26)22(27)23-12-14-28-18-9-3-2-4-10-18/h2-11,13,15H,12,14H2,1H3,(H,23,27). The molecule has 29 heavy (non-hydrogen) atoms. The van der Waals surface area contributed by atoms with Crippen molar-refractivity contribution in [3.63, 3.8) is 0 Å². The lowest BCUT2D eigenvalue weighted by molar-refractivity contribution is 0.0936. The molecule has 0 spiro atoms. The number of nitrogens with zero attached hydrogens (tertiary/aromatic N) is 3. The van der Waals surface area contributed by atoms with Crippen LogP contribution in [0.1, 0.15) is 16.2 Å². The van der Waals surface area contributed by atoms with Crippen molar-refractivity contribution in [2.24, 2.45) is 0 Å². The molecule has 146 valence electrons. The fraction of sp³-hybridized carbons (Fsp3) is 0.136. The van der Waals surface area contributed by atoms with Gasteiger partial charge in [0, 0.05) is 0 Å². The molecule has 7 nitrogen and oxygen atoms in total. The lowest BCUT2D eigenvalue weighted by Gasteiger charge is -2.06. The van der Waals surface area contributed by atoms with E-state index in [4.69, 9.17) is 9.15 Å². The molecule has 0 aliphatic heterocycles. The smallest absolute Gasteiger partial charge is 0.291 e. The van der Waals surface area contributed by atoms with Crippen LogP contribution in [0.4, 0.5) is 0 Å². The number of ether oxygens (including phenoxy) is 1. The molecule has 0 aliphatic carbocycles. The molecule has 0 saturated carbocycles. The Morgan fingerprint density at radius 2 is 1.97 bits per heavy atom. The van der Waals surface area contributed by atoms with Crippen LogP contribution in [-0.2, 0) is 0 Å². The van der Waals surface area contributed by atoms with Crippen molar-refractivity contribution in [2.75, 3.05) is 13.2 Å². The maximum atomic E-state index is 12.6. The zero-order valence-corrected chi connectivity index (χ0v) is 15.9. The van der Waals surface area contributed by atoms with Gasteiger partial charge in [-0.3, -0.25) is 4.79 Å². The number of para-hydroxylation sites is 1. The van der Waals surface area contributed by atoms with Crippen molar-refractivity contribution in [2.45, 2.75) is 6.92 Å². The number of carbonyl (C=O) groups excluding carboxylic acids is 1. The first-order valence-electron chi connectivity index (χ1n) is 9.25. The third kappa shape index (κ3) is 4.35. The van der Waals surface area contributed by atoms with E-state index in [0.717, 1.165) is 17.0 Å². The summed E-state index contributed by atoms with van der Waals surface area (Å²) in [6.07, 6.45) is 1.56. The molecule has 0 aliphatic rings. The monoisotopic (exact) mass is 388 g/mol. The molecular weight excluding hydrogens is 368 g/mol. The van der Waals surface area contributed by atoms with E-state index in [0.29, 0.717) is 24.7 Å². The average molecular weight is 388 g/mol. The van der Waals surface area contributed by atoms with Crippen LogP contribution in [0.15, 0.2) is 77.4 Å². The second-order valence-corrected chi connectivity index (χ2v) is 6.40. The van der Waals surface area contributed by atoms with Gasteiger partial charge < -0.3 is 14.5 Å². The van der Waals surface area contributed by atoms with E-state index in [1.165, 1.54) is 0 Å². The fourth-order valence-corrected chi connectivity index (χ4v) is 2.84. The number of aromatic nitrogens is 3. The van der Waals surface area contributed by atoms with Gasteiger partial charge in [-0.25, -0.2) is 4.68 Å². The molecule has 0 bridgehead atoms. The van der Waals surface area contributed by atoms with Crippen molar-refractivity contribution >= 4 is 5.91 Å². The molecule has 1 amide bonds. The zero-order valence-electron chi connectivity index (χ0n) is 15.9. The Kier molecular flexibility index (Phi) is 5.38. The van der Waals surface area contributed by atoms with Crippen LogP contribution in [-0.4, -0.2) is 33.8 Å². The van der Waals surface area contributed by atoms with Crippen molar-refractivity contribution in [3.05, 3.63) is 84.4 Å². The summed E-state index contributed by atoms with van der Waals surface area (Å²) < 4.78 is 12.7. The fourth-order valence-electron chi connectivity index (χ4n) is 2.84. The molecule has 0 saturated heterocycles. The van der Waals surface area contributed by atoms with E-state index in [2.05, 4.69) is 15.4 Å². The summed E-state index contributed by atoms with van der Waals surface area (Å²) in [4.78, 5) is 17.0. The van der Waals surface area contributed by atoms with E-state index in [1.807, 2.05) is 61.5 Å². The number of amides is 1. The third-order valence-corrected chi connectivity index (χ3v) is 4.20.